The first-order chi connectivity index (χ1) is 9.93. The molecule has 0 heterocycles. The van der Waals surface area contributed by atoms with Crippen molar-refractivity contribution in [2.45, 2.75) is 24.3 Å². The van der Waals surface area contributed by atoms with Crippen LogP contribution in [0, 0.1) is 6.92 Å². The molecule has 0 fully saturated rings. The second kappa shape index (κ2) is 9.38. The predicted octanol–water partition coefficient (Wildman–Crippen LogP) is 3.17. The molecule has 0 aliphatic rings. The highest BCUT2D eigenvalue weighted by molar-refractivity contribution is 9.10. The molecule has 0 aromatic heterocycles. The lowest BCUT2D eigenvalue weighted by atomic mass is 10.2. The second-order valence-electron chi connectivity index (χ2n) is 4.44. The van der Waals surface area contributed by atoms with Crippen molar-refractivity contribution in [1.82, 2.24) is 5.32 Å². The summed E-state index contributed by atoms with van der Waals surface area (Å²) in [4.78, 5) is 23.9. The maximum atomic E-state index is 11.9. The molecule has 0 saturated carbocycles. The van der Waals surface area contributed by atoms with E-state index in [0.29, 0.717) is 12.2 Å². The fraction of sp³-hybridized carbons (Fsp3) is 0.429. The minimum Gasteiger partial charge on any atom is -0.480 e. The lowest BCUT2D eigenvalue weighted by molar-refractivity contribution is -0.141. The Morgan fingerprint density at radius 2 is 2.14 bits per heavy atom. The number of amides is 1. The van der Waals surface area contributed by atoms with E-state index in [2.05, 4.69) is 21.2 Å². The summed E-state index contributed by atoms with van der Waals surface area (Å²) >= 11 is 6.37. The molecule has 0 spiro atoms. The minimum atomic E-state index is -0.984. The fourth-order valence-corrected chi connectivity index (χ4v) is 3.41. The van der Waals surface area contributed by atoms with Crippen molar-refractivity contribution >= 4 is 51.3 Å². The van der Waals surface area contributed by atoms with E-state index >= 15 is 0 Å². The van der Waals surface area contributed by atoms with Crippen molar-refractivity contribution in [3.8, 4) is 0 Å². The molecule has 0 bridgehead atoms. The third-order valence-electron chi connectivity index (χ3n) is 2.74. The molecule has 0 radical (unpaired) electrons. The summed E-state index contributed by atoms with van der Waals surface area (Å²) in [7, 11) is 0. The number of aliphatic carboxylic acids is 1. The molecule has 0 unspecified atom stereocenters. The number of carbonyl (C=O) groups is 2. The number of thioether (sulfide) groups is 2. The van der Waals surface area contributed by atoms with E-state index in [1.165, 1.54) is 11.8 Å². The van der Waals surface area contributed by atoms with E-state index in [0.717, 1.165) is 14.9 Å². The second-order valence-corrected chi connectivity index (χ2v) is 7.36. The van der Waals surface area contributed by atoms with Gasteiger partial charge in [0.15, 0.2) is 0 Å². The topological polar surface area (TPSA) is 66.4 Å². The van der Waals surface area contributed by atoms with E-state index in [9.17, 15) is 9.59 Å². The SMILES string of the molecule is CSCC[C@H](NC(=O)CSc1ccc(Br)cc1C)C(=O)O. The molecule has 2 N–H and O–H groups in total. The number of benzene rings is 1. The third-order valence-corrected chi connectivity index (χ3v) is 5.05. The number of carboxylic acids is 1. The van der Waals surface area contributed by atoms with Gasteiger partial charge >= 0.3 is 5.97 Å². The molecular weight excluding hydrogens is 374 g/mol. The number of hydrogen-bond donors (Lipinski definition) is 2. The van der Waals surface area contributed by atoms with Crippen LogP contribution in [0.5, 0.6) is 0 Å². The highest BCUT2D eigenvalue weighted by Crippen LogP contribution is 2.25. The first-order valence-corrected chi connectivity index (χ1v) is 9.51. The van der Waals surface area contributed by atoms with Crippen molar-refractivity contribution < 1.29 is 14.7 Å². The van der Waals surface area contributed by atoms with Crippen molar-refractivity contribution in [1.29, 1.82) is 0 Å². The largest absolute Gasteiger partial charge is 0.480 e. The smallest absolute Gasteiger partial charge is 0.326 e. The molecule has 1 amide bonds. The molecule has 1 aromatic carbocycles. The van der Waals surface area contributed by atoms with Crippen molar-refractivity contribution in [2.24, 2.45) is 0 Å². The summed E-state index contributed by atoms with van der Waals surface area (Å²) in [6.45, 7) is 1.98. The van der Waals surface area contributed by atoms with E-state index in [-0.39, 0.29) is 11.7 Å². The number of aryl methyl sites for hydroxylation is 1. The van der Waals surface area contributed by atoms with Gasteiger partial charge in [0.1, 0.15) is 6.04 Å². The number of carbonyl (C=O) groups excluding carboxylic acids is 1. The highest BCUT2D eigenvalue weighted by Gasteiger charge is 2.19. The zero-order valence-electron chi connectivity index (χ0n) is 11.9. The van der Waals surface area contributed by atoms with Crippen molar-refractivity contribution in [2.75, 3.05) is 17.8 Å². The fourth-order valence-electron chi connectivity index (χ4n) is 1.65. The van der Waals surface area contributed by atoms with Crippen LogP contribution in [0.15, 0.2) is 27.6 Å². The van der Waals surface area contributed by atoms with Gasteiger partial charge in [-0.25, -0.2) is 4.79 Å². The Morgan fingerprint density at radius 1 is 1.43 bits per heavy atom. The van der Waals surface area contributed by atoms with Gasteiger partial charge < -0.3 is 10.4 Å². The van der Waals surface area contributed by atoms with Crippen LogP contribution in [0.25, 0.3) is 0 Å². The molecule has 1 aromatic rings. The molecule has 21 heavy (non-hydrogen) atoms. The quantitative estimate of drug-likeness (QED) is 0.666. The van der Waals surface area contributed by atoms with Gasteiger partial charge in [-0.05, 0) is 49.1 Å². The van der Waals surface area contributed by atoms with Crippen LogP contribution in [0.2, 0.25) is 0 Å². The molecule has 7 heteroatoms. The van der Waals surface area contributed by atoms with Gasteiger partial charge in [0.05, 0.1) is 5.75 Å². The van der Waals surface area contributed by atoms with Gasteiger partial charge in [0.2, 0.25) is 5.91 Å². The average Bonchev–Trinajstić information content (AvgIpc) is 2.42. The van der Waals surface area contributed by atoms with Crippen LogP contribution >= 0.6 is 39.5 Å². The number of rotatable bonds is 8. The molecule has 1 atom stereocenters. The Morgan fingerprint density at radius 3 is 2.71 bits per heavy atom. The Labute approximate surface area is 141 Å². The van der Waals surface area contributed by atoms with E-state index < -0.39 is 12.0 Å². The van der Waals surface area contributed by atoms with Gasteiger partial charge in [0.25, 0.3) is 0 Å². The monoisotopic (exact) mass is 391 g/mol. The van der Waals surface area contributed by atoms with Gasteiger partial charge in [-0.2, -0.15) is 11.8 Å². The first-order valence-electron chi connectivity index (χ1n) is 6.34. The maximum absolute atomic E-state index is 11.9. The lowest BCUT2D eigenvalue weighted by Crippen LogP contribution is -2.42. The molecule has 116 valence electrons. The number of hydrogen-bond acceptors (Lipinski definition) is 4. The van der Waals surface area contributed by atoms with Gasteiger partial charge in [-0.15, -0.1) is 11.8 Å². The average molecular weight is 392 g/mol. The summed E-state index contributed by atoms with van der Waals surface area (Å²) in [6, 6.07) is 5.04. The molecule has 0 aliphatic heterocycles. The summed E-state index contributed by atoms with van der Waals surface area (Å²) < 4.78 is 0.997. The minimum absolute atomic E-state index is 0.214. The van der Waals surface area contributed by atoms with Gasteiger partial charge in [-0.1, -0.05) is 15.9 Å². The van der Waals surface area contributed by atoms with Gasteiger partial charge in [0, 0.05) is 9.37 Å². The van der Waals surface area contributed by atoms with Crippen LogP contribution in [0.4, 0.5) is 0 Å². The lowest BCUT2D eigenvalue weighted by Gasteiger charge is -2.14. The zero-order valence-corrected chi connectivity index (χ0v) is 15.1. The van der Waals surface area contributed by atoms with Crippen LogP contribution in [0.1, 0.15) is 12.0 Å². The summed E-state index contributed by atoms with van der Waals surface area (Å²) in [5.74, 6) is -0.320. The maximum Gasteiger partial charge on any atom is 0.326 e. The molecule has 0 saturated heterocycles. The Balaban J connectivity index is 2.50. The zero-order chi connectivity index (χ0) is 15.8. The van der Waals surface area contributed by atoms with Crippen LogP contribution in [-0.4, -0.2) is 40.8 Å². The van der Waals surface area contributed by atoms with Crippen LogP contribution in [0.3, 0.4) is 0 Å². The van der Waals surface area contributed by atoms with Crippen molar-refractivity contribution in [3.05, 3.63) is 28.2 Å². The predicted molar refractivity (Wildman–Crippen MR) is 92.2 cm³/mol. The van der Waals surface area contributed by atoms with E-state index in [1.54, 1.807) is 11.8 Å². The third kappa shape index (κ3) is 6.76. The standard InChI is InChI=1S/C14H18BrNO3S2/c1-9-7-10(15)3-4-12(9)21-8-13(17)16-11(14(18)19)5-6-20-2/h3-4,7,11H,5-6,8H2,1-2H3,(H,16,17)(H,18,19)/t11-/m0/s1. The first kappa shape index (κ1) is 18.4. The molecule has 1 rings (SSSR count). The Bertz CT molecular complexity index is 511. The summed E-state index contributed by atoms with van der Waals surface area (Å²) in [6.07, 6.45) is 2.34. The molecule has 0 aliphatic carbocycles. The summed E-state index contributed by atoms with van der Waals surface area (Å²) in [5, 5.41) is 11.6. The number of nitrogens with one attached hydrogen (secondary N) is 1. The molecular formula is C14H18BrNO3S2. The highest BCUT2D eigenvalue weighted by atomic mass is 79.9. The Hall–Kier alpha value is -0.660. The van der Waals surface area contributed by atoms with Gasteiger partial charge in [-0.3, -0.25) is 4.79 Å². The number of halogens is 1. The van der Waals surface area contributed by atoms with Crippen LogP contribution < -0.4 is 5.32 Å². The van der Waals surface area contributed by atoms with Crippen LogP contribution in [-0.2, 0) is 9.59 Å². The van der Waals surface area contributed by atoms with E-state index in [1.807, 2.05) is 31.4 Å². The number of carboxylic acid groups (broad SMARTS) is 1. The molecule has 4 nitrogen and oxygen atoms in total. The van der Waals surface area contributed by atoms with Crippen molar-refractivity contribution in [3.63, 3.8) is 0 Å². The summed E-state index contributed by atoms with van der Waals surface area (Å²) in [5.41, 5.74) is 1.08. The normalized spacial score (nSPS) is 12.0. The Kier molecular flexibility index (Phi) is 8.21. The van der Waals surface area contributed by atoms with E-state index in [4.69, 9.17) is 5.11 Å².